The highest BCUT2D eigenvalue weighted by molar-refractivity contribution is 9.10. The number of nitriles is 1. The van der Waals surface area contributed by atoms with E-state index in [1.165, 1.54) is 4.31 Å². The van der Waals surface area contributed by atoms with Gasteiger partial charge in [-0.25, -0.2) is 0 Å². The van der Waals surface area contributed by atoms with Gasteiger partial charge in [-0.1, -0.05) is 22.4 Å². The molecule has 5 nitrogen and oxygen atoms in total. The first-order valence-electron chi connectivity index (χ1n) is 6.43. The normalized spacial score (nSPS) is 20.4. The highest BCUT2D eigenvalue weighted by atomic mass is 79.9. The van der Waals surface area contributed by atoms with Crippen molar-refractivity contribution < 1.29 is 8.42 Å². The molecule has 1 aromatic rings. The SMILES string of the molecule is CC1CCCCN1S(=O)(=O)Nc1ccc(Br)cc1C#N. The van der Waals surface area contributed by atoms with Gasteiger partial charge in [-0.3, -0.25) is 4.72 Å². The minimum Gasteiger partial charge on any atom is -0.270 e. The van der Waals surface area contributed by atoms with Crippen LogP contribution in [-0.4, -0.2) is 25.3 Å². The van der Waals surface area contributed by atoms with Crippen molar-refractivity contribution >= 4 is 31.8 Å². The Kier molecular flexibility index (Phi) is 4.68. The lowest BCUT2D eigenvalue weighted by Gasteiger charge is -2.32. The van der Waals surface area contributed by atoms with E-state index in [1.54, 1.807) is 18.2 Å². The van der Waals surface area contributed by atoms with Gasteiger partial charge in [0, 0.05) is 17.1 Å². The van der Waals surface area contributed by atoms with E-state index in [4.69, 9.17) is 5.26 Å². The highest BCUT2D eigenvalue weighted by Crippen LogP contribution is 2.25. The molecule has 1 N–H and O–H groups in total. The Morgan fingerprint density at radius 2 is 2.20 bits per heavy atom. The van der Waals surface area contributed by atoms with E-state index >= 15 is 0 Å². The second-order valence-electron chi connectivity index (χ2n) is 4.86. The Balaban J connectivity index is 2.26. The molecule has 1 aliphatic rings. The lowest BCUT2D eigenvalue weighted by Crippen LogP contribution is -2.44. The highest BCUT2D eigenvalue weighted by Gasteiger charge is 2.29. The molecule has 1 fully saturated rings. The molecule has 2 rings (SSSR count). The molecule has 0 aliphatic carbocycles. The van der Waals surface area contributed by atoms with Gasteiger partial charge in [-0.05, 0) is 38.0 Å². The first-order valence-corrected chi connectivity index (χ1v) is 8.66. The maximum absolute atomic E-state index is 12.4. The van der Waals surface area contributed by atoms with E-state index in [-0.39, 0.29) is 6.04 Å². The van der Waals surface area contributed by atoms with Gasteiger partial charge in [-0.15, -0.1) is 0 Å². The number of nitrogens with zero attached hydrogens (tertiary/aromatic N) is 2. The summed E-state index contributed by atoms with van der Waals surface area (Å²) in [5.41, 5.74) is 0.612. The predicted molar refractivity (Wildman–Crippen MR) is 81.4 cm³/mol. The molecule has 1 heterocycles. The Morgan fingerprint density at radius 3 is 2.85 bits per heavy atom. The maximum Gasteiger partial charge on any atom is 0.301 e. The number of piperidine rings is 1. The van der Waals surface area contributed by atoms with E-state index in [9.17, 15) is 8.42 Å². The van der Waals surface area contributed by atoms with Crippen LogP contribution in [0.15, 0.2) is 22.7 Å². The van der Waals surface area contributed by atoms with Crippen molar-refractivity contribution in [2.24, 2.45) is 0 Å². The fourth-order valence-corrected chi connectivity index (χ4v) is 4.21. The molecule has 0 saturated carbocycles. The van der Waals surface area contributed by atoms with Gasteiger partial charge >= 0.3 is 10.2 Å². The monoisotopic (exact) mass is 357 g/mol. The summed E-state index contributed by atoms with van der Waals surface area (Å²) in [5, 5.41) is 9.08. The zero-order valence-electron chi connectivity index (χ0n) is 11.1. The molecular formula is C13H16BrN3O2S. The van der Waals surface area contributed by atoms with E-state index in [1.807, 2.05) is 13.0 Å². The third-order valence-corrected chi connectivity index (χ3v) is 5.52. The number of halogens is 1. The third-order valence-electron chi connectivity index (χ3n) is 3.39. The standard InChI is InChI=1S/C13H16BrN3O2S/c1-10-4-2-3-7-17(10)20(18,19)16-13-6-5-12(14)8-11(13)9-15/h5-6,8,10,16H,2-4,7H2,1H3. The van der Waals surface area contributed by atoms with E-state index in [2.05, 4.69) is 20.7 Å². The van der Waals surface area contributed by atoms with Crippen molar-refractivity contribution in [2.45, 2.75) is 32.2 Å². The summed E-state index contributed by atoms with van der Waals surface area (Å²) < 4.78 is 29.6. The van der Waals surface area contributed by atoms with Crippen LogP contribution in [0.1, 0.15) is 31.7 Å². The van der Waals surface area contributed by atoms with Crippen LogP contribution in [0.2, 0.25) is 0 Å². The maximum atomic E-state index is 12.4. The Hall–Kier alpha value is -1.10. The minimum absolute atomic E-state index is 0.0118. The Labute approximate surface area is 127 Å². The fraction of sp³-hybridized carbons (Fsp3) is 0.462. The molecule has 0 radical (unpaired) electrons. The van der Waals surface area contributed by atoms with Gasteiger partial charge < -0.3 is 0 Å². The average Bonchev–Trinajstić information content (AvgIpc) is 2.41. The smallest absolute Gasteiger partial charge is 0.270 e. The Bertz CT molecular complexity index is 640. The average molecular weight is 358 g/mol. The van der Waals surface area contributed by atoms with Crippen LogP contribution in [0.3, 0.4) is 0 Å². The van der Waals surface area contributed by atoms with Gasteiger partial charge in [-0.2, -0.15) is 18.0 Å². The molecule has 0 amide bonds. The van der Waals surface area contributed by atoms with Crippen molar-refractivity contribution in [1.29, 1.82) is 5.26 Å². The van der Waals surface area contributed by atoms with Crippen LogP contribution in [0, 0.1) is 11.3 Å². The first-order chi connectivity index (χ1) is 9.44. The number of hydrogen-bond donors (Lipinski definition) is 1. The number of hydrogen-bond acceptors (Lipinski definition) is 3. The van der Waals surface area contributed by atoms with E-state index in [0.717, 1.165) is 23.7 Å². The molecule has 108 valence electrons. The van der Waals surface area contributed by atoms with E-state index in [0.29, 0.717) is 17.8 Å². The molecule has 0 aromatic heterocycles. The van der Waals surface area contributed by atoms with Crippen LogP contribution in [0.5, 0.6) is 0 Å². The zero-order valence-corrected chi connectivity index (χ0v) is 13.5. The number of anilines is 1. The van der Waals surface area contributed by atoms with Crippen LogP contribution in [0.25, 0.3) is 0 Å². The largest absolute Gasteiger partial charge is 0.301 e. The number of benzene rings is 1. The first kappa shape index (κ1) is 15.3. The summed E-state index contributed by atoms with van der Waals surface area (Å²) in [6.45, 7) is 2.43. The molecular weight excluding hydrogens is 342 g/mol. The molecule has 1 unspecified atom stereocenters. The van der Waals surface area contributed by atoms with E-state index < -0.39 is 10.2 Å². The summed E-state index contributed by atoms with van der Waals surface area (Å²) in [5.74, 6) is 0. The molecule has 20 heavy (non-hydrogen) atoms. The predicted octanol–water partition coefficient (Wildman–Crippen LogP) is 2.85. The molecule has 1 atom stereocenters. The fourth-order valence-electron chi connectivity index (χ4n) is 2.32. The lowest BCUT2D eigenvalue weighted by molar-refractivity contribution is 0.270. The zero-order chi connectivity index (χ0) is 14.8. The number of rotatable bonds is 3. The molecule has 1 saturated heterocycles. The summed E-state index contributed by atoms with van der Waals surface area (Å²) in [6, 6.07) is 6.88. The summed E-state index contributed by atoms with van der Waals surface area (Å²) in [4.78, 5) is 0. The van der Waals surface area contributed by atoms with Crippen LogP contribution in [0.4, 0.5) is 5.69 Å². The molecule has 1 aromatic carbocycles. The van der Waals surface area contributed by atoms with Gasteiger partial charge in [0.25, 0.3) is 0 Å². The van der Waals surface area contributed by atoms with Crippen molar-refractivity contribution in [3.63, 3.8) is 0 Å². The van der Waals surface area contributed by atoms with Gasteiger partial charge in [0.2, 0.25) is 0 Å². The quantitative estimate of drug-likeness (QED) is 0.903. The second-order valence-corrected chi connectivity index (χ2v) is 7.40. The topological polar surface area (TPSA) is 73.2 Å². The van der Waals surface area contributed by atoms with Gasteiger partial charge in [0.05, 0.1) is 11.3 Å². The van der Waals surface area contributed by atoms with Crippen molar-refractivity contribution in [2.75, 3.05) is 11.3 Å². The second kappa shape index (κ2) is 6.12. The molecule has 1 aliphatic heterocycles. The van der Waals surface area contributed by atoms with Gasteiger partial charge in [0.1, 0.15) is 6.07 Å². The lowest BCUT2D eigenvalue weighted by atomic mass is 10.1. The number of nitrogens with one attached hydrogen (secondary N) is 1. The summed E-state index contributed by atoms with van der Waals surface area (Å²) in [7, 11) is -3.61. The van der Waals surface area contributed by atoms with Crippen LogP contribution >= 0.6 is 15.9 Å². The van der Waals surface area contributed by atoms with Crippen LogP contribution in [-0.2, 0) is 10.2 Å². The molecule has 7 heteroatoms. The Morgan fingerprint density at radius 1 is 1.45 bits per heavy atom. The third kappa shape index (κ3) is 3.32. The van der Waals surface area contributed by atoms with Gasteiger partial charge in [0.15, 0.2) is 0 Å². The van der Waals surface area contributed by atoms with Crippen molar-refractivity contribution in [3.8, 4) is 6.07 Å². The van der Waals surface area contributed by atoms with Crippen LogP contribution < -0.4 is 4.72 Å². The van der Waals surface area contributed by atoms with Crippen molar-refractivity contribution in [3.05, 3.63) is 28.2 Å². The molecule has 0 bridgehead atoms. The van der Waals surface area contributed by atoms with Crippen molar-refractivity contribution in [1.82, 2.24) is 4.31 Å². The summed E-state index contributed by atoms with van der Waals surface area (Å²) in [6.07, 6.45) is 2.79. The molecule has 0 spiro atoms. The minimum atomic E-state index is -3.61. The summed E-state index contributed by atoms with van der Waals surface area (Å²) >= 11 is 3.26.